The standard InChI is InChI=1S/C21H20ClFN2O3/c1-27-15-5-2-13(3-6-15)20-19-17(8-10-25(20)21(26)28-11-9-23)16-7-4-14(22)12-18(16)24-19/h2-7,12,20,24H,8-11H2,1H3. The number of hydrogen-bond donors (Lipinski definition) is 1. The van der Waals surface area contributed by atoms with Crippen molar-refractivity contribution in [3.05, 3.63) is 64.3 Å². The van der Waals surface area contributed by atoms with Gasteiger partial charge in [-0.05, 0) is 41.8 Å². The van der Waals surface area contributed by atoms with Crippen LogP contribution in [0, 0.1) is 0 Å². The van der Waals surface area contributed by atoms with Crippen LogP contribution in [-0.2, 0) is 11.2 Å². The van der Waals surface area contributed by atoms with E-state index in [1.807, 2.05) is 42.5 Å². The third-order valence-corrected chi connectivity index (χ3v) is 5.29. The largest absolute Gasteiger partial charge is 0.497 e. The predicted octanol–water partition coefficient (Wildman–Crippen LogP) is 4.88. The van der Waals surface area contributed by atoms with Gasteiger partial charge >= 0.3 is 6.09 Å². The number of carbonyl (C=O) groups is 1. The SMILES string of the molecule is COc1ccc(C2c3[nH]c4cc(Cl)ccc4c3CCN2C(=O)OCCF)cc1. The van der Waals surface area contributed by atoms with Crippen molar-refractivity contribution < 1.29 is 18.7 Å². The summed E-state index contributed by atoms with van der Waals surface area (Å²) in [7, 11) is 1.61. The van der Waals surface area contributed by atoms with Gasteiger partial charge in [0, 0.05) is 28.2 Å². The van der Waals surface area contributed by atoms with E-state index < -0.39 is 12.8 Å². The second kappa shape index (κ2) is 7.72. The topological polar surface area (TPSA) is 54.6 Å². The first-order valence-electron chi connectivity index (χ1n) is 9.05. The van der Waals surface area contributed by atoms with Gasteiger partial charge in [0.15, 0.2) is 0 Å². The number of rotatable bonds is 4. The molecule has 0 saturated heterocycles. The maximum absolute atomic E-state index is 12.6. The van der Waals surface area contributed by atoms with Gasteiger partial charge in [0.25, 0.3) is 0 Å². The number of alkyl halides is 1. The molecular weight excluding hydrogens is 383 g/mol. The van der Waals surface area contributed by atoms with Gasteiger partial charge in [-0.2, -0.15) is 0 Å². The van der Waals surface area contributed by atoms with Crippen molar-refractivity contribution in [2.45, 2.75) is 12.5 Å². The van der Waals surface area contributed by atoms with E-state index in [0.29, 0.717) is 18.0 Å². The van der Waals surface area contributed by atoms with E-state index in [2.05, 4.69) is 4.98 Å². The first-order valence-corrected chi connectivity index (χ1v) is 9.43. The fraction of sp³-hybridized carbons (Fsp3) is 0.286. The van der Waals surface area contributed by atoms with E-state index in [1.165, 1.54) is 0 Å². The molecule has 5 nitrogen and oxygen atoms in total. The van der Waals surface area contributed by atoms with Crippen LogP contribution in [0.25, 0.3) is 10.9 Å². The zero-order valence-electron chi connectivity index (χ0n) is 15.4. The minimum Gasteiger partial charge on any atom is -0.497 e. The zero-order chi connectivity index (χ0) is 19.7. The number of methoxy groups -OCH3 is 1. The van der Waals surface area contributed by atoms with Crippen LogP contribution in [-0.4, -0.2) is 42.9 Å². The van der Waals surface area contributed by atoms with Crippen LogP contribution in [0.1, 0.15) is 22.9 Å². The molecule has 1 aliphatic heterocycles. The van der Waals surface area contributed by atoms with E-state index in [-0.39, 0.29) is 12.6 Å². The molecular formula is C21H20ClFN2O3. The first kappa shape index (κ1) is 18.6. The summed E-state index contributed by atoms with van der Waals surface area (Å²) in [5.74, 6) is 0.731. The van der Waals surface area contributed by atoms with Crippen molar-refractivity contribution >= 4 is 28.6 Å². The molecule has 0 aliphatic carbocycles. The number of H-pyrrole nitrogens is 1. The highest BCUT2D eigenvalue weighted by Crippen LogP contribution is 2.39. The lowest BCUT2D eigenvalue weighted by atomic mass is 9.92. The van der Waals surface area contributed by atoms with Crippen molar-refractivity contribution in [3.8, 4) is 5.75 Å². The zero-order valence-corrected chi connectivity index (χ0v) is 16.1. The van der Waals surface area contributed by atoms with Gasteiger partial charge in [-0.25, -0.2) is 9.18 Å². The molecule has 0 spiro atoms. The van der Waals surface area contributed by atoms with Crippen LogP contribution in [0.15, 0.2) is 42.5 Å². The Labute approximate surface area is 167 Å². The summed E-state index contributed by atoms with van der Waals surface area (Å²) in [6, 6.07) is 12.9. The van der Waals surface area contributed by atoms with Gasteiger partial charge in [0.1, 0.15) is 25.1 Å². The van der Waals surface area contributed by atoms with Gasteiger partial charge in [0.2, 0.25) is 0 Å². The van der Waals surface area contributed by atoms with Crippen molar-refractivity contribution in [1.82, 2.24) is 9.88 Å². The van der Waals surface area contributed by atoms with E-state index in [1.54, 1.807) is 12.0 Å². The van der Waals surface area contributed by atoms with Crippen molar-refractivity contribution in [3.63, 3.8) is 0 Å². The number of carbonyl (C=O) groups excluding carboxylic acids is 1. The summed E-state index contributed by atoms with van der Waals surface area (Å²) in [6.07, 6.45) is 0.148. The van der Waals surface area contributed by atoms with Gasteiger partial charge in [-0.3, -0.25) is 4.90 Å². The van der Waals surface area contributed by atoms with Crippen LogP contribution in [0.5, 0.6) is 5.75 Å². The van der Waals surface area contributed by atoms with Crippen molar-refractivity contribution in [1.29, 1.82) is 0 Å². The molecule has 146 valence electrons. The van der Waals surface area contributed by atoms with Gasteiger partial charge in [-0.1, -0.05) is 29.8 Å². The van der Waals surface area contributed by atoms with Gasteiger partial charge < -0.3 is 14.5 Å². The number of benzene rings is 2. The minimum absolute atomic E-state index is 0.250. The maximum atomic E-state index is 12.6. The van der Waals surface area contributed by atoms with Gasteiger partial charge in [0.05, 0.1) is 7.11 Å². The Balaban J connectivity index is 1.81. The van der Waals surface area contributed by atoms with Crippen molar-refractivity contribution in [2.75, 3.05) is 26.9 Å². The van der Waals surface area contributed by atoms with Crippen LogP contribution < -0.4 is 4.74 Å². The number of halogens is 2. The molecule has 7 heteroatoms. The predicted molar refractivity (Wildman–Crippen MR) is 106 cm³/mol. The number of aromatic amines is 1. The molecule has 28 heavy (non-hydrogen) atoms. The number of nitrogens with one attached hydrogen (secondary N) is 1. The third-order valence-electron chi connectivity index (χ3n) is 5.06. The Hall–Kier alpha value is -2.73. The van der Waals surface area contributed by atoms with Crippen LogP contribution in [0.4, 0.5) is 9.18 Å². The highest BCUT2D eigenvalue weighted by Gasteiger charge is 2.35. The summed E-state index contributed by atoms with van der Waals surface area (Å²) in [4.78, 5) is 17.7. The van der Waals surface area contributed by atoms with E-state index >= 15 is 0 Å². The molecule has 2 heterocycles. The first-order chi connectivity index (χ1) is 13.6. The number of hydrogen-bond acceptors (Lipinski definition) is 3. The quantitative estimate of drug-likeness (QED) is 0.676. The normalized spacial score (nSPS) is 16.1. The molecule has 1 atom stereocenters. The maximum Gasteiger partial charge on any atom is 0.410 e. The molecule has 1 amide bonds. The second-order valence-electron chi connectivity index (χ2n) is 6.63. The van der Waals surface area contributed by atoms with Gasteiger partial charge in [-0.15, -0.1) is 0 Å². The summed E-state index contributed by atoms with van der Waals surface area (Å²) in [5.41, 5.74) is 3.92. The average Bonchev–Trinajstić information content (AvgIpc) is 3.08. The lowest BCUT2D eigenvalue weighted by molar-refractivity contribution is 0.0837. The van der Waals surface area contributed by atoms with Crippen LogP contribution in [0.3, 0.4) is 0 Å². The molecule has 0 radical (unpaired) electrons. The Morgan fingerprint density at radius 3 is 2.79 bits per heavy atom. The van der Waals surface area contributed by atoms with E-state index in [0.717, 1.165) is 33.5 Å². The highest BCUT2D eigenvalue weighted by atomic mass is 35.5. The third kappa shape index (κ3) is 3.29. The molecule has 2 aromatic carbocycles. The lowest BCUT2D eigenvalue weighted by Crippen LogP contribution is -2.41. The monoisotopic (exact) mass is 402 g/mol. The van der Waals surface area contributed by atoms with Crippen molar-refractivity contribution in [2.24, 2.45) is 0 Å². The molecule has 4 rings (SSSR count). The Morgan fingerprint density at radius 1 is 1.29 bits per heavy atom. The summed E-state index contributed by atoms with van der Waals surface area (Å²) < 4.78 is 22.8. The summed E-state index contributed by atoms with van der Waals surface area (Å²) in [6.45, 7) is -0.479. The Bertz CT molecular complexity index is 1000. The second-order valence-corrected chi connectivity index (χ2v) is 7.07. The Morgan fingerprint density at radius 2 is 2.07 bits per heavy atom. The highest BCUT2D eigenvalue weighted by molar-refractivity contribution is 6.31. The summed E-state index contributed by atoms with van der Waals surface area (Å²) in [5, 5.41) is 1.74. The molecule has 0 saturated carbocycles. The molecule has 1 aromatic heterocycles. The average molecular weight is 403 g/mol. The fourth-order valence-electron chi connectivity index (χ4n) is 3.81. The van der Waals surface area contributed by atoms with Crippen LogP contribution in [0.2, 0.25) is 5.02 Å². The number of nitrogens with zero attached hydrogens (tertiary/aromatic N) is 1. The molecule has 1 unspecified atom stereocenters. The molecule has 0 fully saturated rings. The number of fused-ring (bicyclic) bond motifs is 3. The van der Waals surface area contributed by atoms with E-state index in [4.69, 9.17) is 21.1 Å². The van der Waals surface area contributed by atoms with Crippen LogP contribution >= 0.6 is 11.6 Å². The smallest absolute Gasteiger partial charge is 0.410 e. The molecule has 1 aliphatic rings. The summed E-state index contributed by atoms with van der Waals surface area (Å²) >= 11 is 6.15. The fourth-order valence-corrected chi connectivity index (χ4v) is 3.98. The minimum atomic E-state index is -0.705. The van der Waals surface area contributed by atoms with E-state index in [9.17, 15) is 9.18 Å². The number of aromatic nitrogens is 1. The molecule has 0 bridgehead atoms. The number of ether oxygens (including phenoxy) is 2. The molecule has 1 N–H and O–H groups in total. The number of amides is 1. The Kier molecular flexibility index (Phi) is 5.13. The molecule has 3 aromatic rings. The lowest BCUT2D eigenvalue weighted by Gasteiger charge is -2.35.